The molecule has 3 rings (SSSR count). The number of nitrogens with zero attached hydrogens (tertiary/aromatic N) is 2. The van der Waals surface area contributed by atoms with Crippen molar-refractivity contribution in [3.05, 3.63) is 71.4 Å². The summed E-state index contributed by atoms with van der Waals surface area (Å²) in [4.78, 5) is 12.2. The van der Waals surface area contributed by atoms with E-state index in [-0.39, 0.29) is 5.91 Å². The SMILES string of the molecule is CCCOc1ccc(-c2cc(C(=O)N/N=C\c3ccc(C)cc3)[nH]n2)cc1. The van der Waals surface area contributed by atoms with Crippen LogP contribution < -0.4 is 10.2 Å². The highest BCUT2D eigenvalue weighted by atomic mass is 16.5. The molecular weight excluding hydrogens is 340 g/mol. The second-order valence-electron chi connectivity index (χ2n) is 6.15. The third-order valence-corrected chi connectivity index (χ3v) is 3.90. The fourth-order valence-corrected chi connectivity index (χ4v) is 2.41. The van der Waals surface area contributed by atoms with Crippen molar-refractivity contribution in [1.82, 2.24) is 15.6 Å². The lowest BCUT2D eigenvalue weighted by atomic mass is 10.1. The van der Waals surface area contributed by atoms with Crippen LogP contribution in [0.3, 0.4) is 0 Å². The van der Waals surface area contributed by atoms with Gasteiger partial charge < -0.3 is 4.74 Å². The molecule has 0 spiro atoms. The van der Waals surface area contributed by atoms with E-state index in [4.69, 9.17) is 4.74 Å². The van der Waals surface area contributed by atoms with Gasteiger partial charge in [-0.3, -0.25) is 9.89 Å². The van der Waals surface area contributed by atoms with Crippen molar-refractivity contribution in [1.29, 1.82) is 0 Å². The van der Waals surface area contributed by atoms with E-state index in [2.05, 4.69) is 27.6 Å². The molecular formula is C21H22N4O2. The minimum Gasteiger partial charge on any atom is -0.494 e. The molecule has 0 aliphatic heterocycles. The van der Waals surface area contributed by atoms with Crippen LogP contribution in [0.15, 0.2) is 59.7 Å². The Morgan fingerprint density at radius 1 is 1.19 bits per heavy atom. The van der Waals surface area contributed by atoms with Crippen LogP contribution in [-0.2, 0) is 0 Å². The lowest BCUT2D eigenvalue weighted by Gasteiger charge is -2.04. The Bertz CT molecular complexity index is 912. The predicted molar refractivity (Wildman–Crippen MR) is 106 cm³/mol. The molecule has 1 amide bonds. The number of amides is 1. The van der Waals surface area contributed by atoms with E-state index in [1.54, 1.807) is 12.3 Å². The number of rotatable bonds is 7. The number of hydrogen-bond donors (Lipinski definition) is 2. The zero-order chi connectivity index (χ0) is 19.1. The van der Waals surface area contributed by atoms with Gasteiger partial charge in [0, 0.05) is 5.56 Å². The second-order valence-corrected chi connectivity index (χ2v) is 6.15. The monoisotopic (exact) mass is 362 g/mol. The van der Waals surface area contributed by atoms with E-state index < -0.39 is 0 Å². The molecule has 0 aliphatic carbocycles. The van der Waals surface area contributed by atoms with Gasteiger partial charge in [0.2, 0.25) is 0 Å². The molecule has 1 heterocycles. The topological polar surface area (TPSA) is 79.4 Å². The quantitative estimate of drug-likeness (QED) is 0.493. The molecule has 0 bridgehead atoms. The number of hydrogen-bond acceptors (Lipinski definition) is 4. The summed E-state index contributed by atoms with van der Waals surface area (Å²) < 4.78 is 5.57. The van der Waals surface area contributed by atoms with Crippen molar-refractivity contribution in [3.63, 3.8) is 0 Å². The maximum absolute atomic E-state index is 12.2. The lowest BCUT2D eigenvalue weighted by Crippen LogP contribution is -2.17. The molecule has 27 heavy (non-hydrogen) atoms. The number of H-pyrrole nitrogens is 1. The van der Waals surface area contributed by atoms with Gasteiger partial charge in [0.1, 0.15) is 11.4 Å². The standard InChI is InChI=1S/C21H22N4O2/c1-3-12-27-18-10-8-17(9-11-18)19-13-20(24-23-19)21(26)25-22-14-16-6-4-15(2)5-7-16/h4-11,13-14H,3,12H2,1-2H3,(H,23,24)(H,25,26)/b22-14-. The Morgan fingerprint density at radius 2 is 1.93 bits per heavy atom. The molecule has 1 aromatic heterocycles. The Hall–Kier alpha value is -3.41. The first-order valence-electron chi connectivity index (χ1n) is 8.84. The number of aryl methyl sites for hydroxylation is 1. The van der Waals surface area contributed by atoms with Crippen LogP contribution in [0.2, 0.25) is 0 Å². The molecule has 0 atom stereocenters. The Balaban J connectivity index is 1.61. The summed E-state index contributed by atoms with van der Waals surface area (Å²) in [5.41, 5.74) is 6.51. The first-order valence-corrected chi connectivity index (χ1v) is 8.84. The second kappa shape index (κ2) is 8.80. The van der Waals surface area contributed by atoms with Gasteiger partial charge in [0.15, 0.2) is 0 Å². The van der Waals surface area contributed by atoms with Crippen molar-refractivity contribution in [3.8, 4) is 17.0 Å². The molecule has 0 saturated carbocycles. The fourth-order valence-electron chi connectivity index (χ4n) is 2.41. The van der Waals surface area contributed by atoms with Gasteiger partial charge in [-0.2, -0.15) is 10.2 Å². The molecule has 3 aromatic rings. The lowest BCUT2D eigenvalue weighted by molar-refractivity contribution is 0.0950. The van der Waals surface area contributed by atoms with Gasteiger partial charge in [-0.25, -0.2) is 5.43 Å². The molecule has 0 fully saturated rings. The van der Waals surface area contributed by atoms with E-state index >= 15 is 0 Å². The van der Waals surface area contributed by atoms with Crippen LogP contribution in [0.1, 0.15) is 35.0 Å². The Labute approximate surface area is 158 Å². The average Bonchev–Trinajstić information content (AvgIpc) is 3.18. The van der Waals surface area contributed by atoms with E-state index in [1.165, 1.54) is 5.56 Å². The van der Waals surface area contributed by atoms with E-state index in [9.17, 15) is 4.79 Å². The highest BCUT2D eigenvalue weighted by Gasteiger charge is 2.10. The van der Waals surface area contributed by atoms with Crippen LogP contribution in [0.5, 0.6) is 5.75 Å². The number of nitrogens with one attached hydrogen (secondary N) is 2. The predicted octanol–water partition coefficient (Wildman–Crippen LogP) is 3.94. The maximum Gasteiger partial charge on any atom is 0.289 e. The summed E-state index contributed by atoms with van der Waals surface area (Å²) in [6, 6.07) is 17.2. The number of aromatic nitrogens is 2. The van der Waals surface area contributed by atoms with Crippen LogP contribution in [0.25, 0.3) is 11.3 Å². The molecule has 6 heteroatoms. The number of ether oxygens (including phenoxy) is 1. The van der Waals surface area contributed by atoms with Gasteiger partial charge in [-0.1, -0.05) is 36.8 Å². The maximum atomic E-state index is 12.2. The minimum absolute atomic E-state index is 0.345. The summed E-state index contributed by atoms with van der Waals surface area (Å²) in [6.45, 7) is 4.77. The van der Waals surface area contributed by atoms with E-state index in [1.807, 2.05) is 55.5 Å². The molecule has 0 radical (unpaired) electrons. The van der Waals surface area contributed by atoms with Gasteiger partial charge in [0.05, 0.1) is 18.5 Å². The summed E-state index contributed by atoms with van der Waals surface area (Å²) in [5, 5.41) is 10.9. The Morgan fingerprint density at radius 3 is 2.63 bits per heavy atom. The molecule has 0 saturated heterocycles. The fraction of sp³-hybridized carbons (Fsp3) is 0.190. The summed E-state index contributed by atoms with van der Waals surface area (Å²) >= 11 is 0. The normalized spacial score (nSPS) is 10.9. The van der Waals surface area contributed by atoms with Crippen molar-refractivity contribution < 1.29 is 9.53 Å². The molecule has 0 unspecified atom stereocenters. The van der Waals surface area contributed by atoms with Crippen molar-refractivity contribution in [2.24, 2.45) is 5.10 Å². The molecule has 6 nitrogen and oxygen atoms in total. The van der Waals surface area contributed by atoms with Crippen molar-refractivity contribution >= 4 is 12.1 Å². The first-order chi connectivity index (χ1) is 13.2. The smallest absolute Gasteiger partial charge is 0.289 e. The largest absolute Gasteiger partial charge is 0.494 e. The summed E-state index contributed by atoms with van der Waals surface area (Å²) in [5.74, 6) is 0.472. The van der Waals surface area contributed by atoms with Gasteiger partial charge in [-0.15, -0.1) is 0 Å². The minimum atomic E-state index is -0.347. The third kappa shape index (κ3) is 5.04. The third-order valence-electron chi connectivity index (χ3n) is 3.90. The van der Waals surface area contributed by atoms with E-state index in [0.29, 0.717) is 18.0 Å². The zero-order valence-corrected chi connectivity index (χ0v) is 15.4. The summed E-state index contributed by atoms with van der Waals surface area (Å²) in [6.07, 6.45) is 2.57. The van der Waals surface area contributed by atoms with Crippen LogP contribution >= 0.6 is 0 Å². The molecule has 138 valence electrons. The van der Waals surface area contributed by atoms with Gasteiger partial charge >= 0.3 is 0 Å². The number of carbonyl (C=O) groups is 1. The molecule has 0 aliphatic rings. The molecule has 2 N–H and O–H groups in total. The first kappa shape index (κ1) is 18.4. The van der Waals surface area contributed by atoms with Crippen molar-refractivity contribution in [2.45, 2.75) is 20.3 Å². The van der Waals surface area contributed by atoms with Crippen LogP contribution in [-0.4, -0.2) is 28.9 Å². The molecule has 2 aromatic carbocycles. The number of carbonyl (C=O) groups excluding carboxylic acids is 1. The Kier molecular flexibility index (Phi) is 5.99. The number of hydrazone groups is 1. The van der Waals surface area contributed by atoms with Crippen LogP contribution in [0.4, 0.5) is 0 Å². The number of aromatic amines is 1. The van der Waals surface area contributed by atoms with Crippen LogP contribution in [0, 0.1) is 6.92 Å². The van der Waals surface area contributed by atoms with Gasteiger partial charge in [0.25, 0.3) is 5.91 Å². The van der Waals surface area contributed by atoms with Crippen molar-refractivity contribution in [2.75, 3.05) is 6.61 Å². The van der Waals surface area contributed by atoms with Gasteiger partial charge in [-0.05, 0) is 49.2 Å². The highest BCUT2D eigenvalue weighted by Crippen LogP contribution is 2.21. The number of benzene rings is 2. The summed E-state index contributed by atoms with van der Waals surface area (Å²) in [7, 11) is 0. The highest BCUT2D eigenvalue weighted by molar-refractivity contribution is 5.94. The average molecular weight is 362 g/mol. The van der Waals surface area contributed by atoms with E-state index in [0.717, 1.165) is 23.3 Å². The zero-order valence-electron chi connectivity index (χ0n) is 15.4.